The first-order valence-electron chi connectivity index (χ1n) is 7.00. The Kier molecular flexibility index (Phi) is 4.03. The van der Waals surface area contributed by atoms with Crippen LogP contribution in [-0.4, -0.2) is 45.2 Å². The molecule has 2 aromatic heterocycles. The van der Waals surface area contributed by atoms with Crippen molar-refractivity contribution in [1.82, 2.24) is 14.5 Å². The van der Waals surface area contributed by atoms with Gasteiger partial charge in [-0.1, -0.05) is 0 Å². The van der Waals surface area contributed by atoms with Crippen LogP contribution in [0.4, 0.5) is 0 Å². The molecule has 3 heterocycles. The van der Waals surface area contributed by atoms with E-state index < -0.39 is 0 Å². The van der Waals surface area contributed by atoms with Gasteiger partial charge < -0.3 is 10.0 Å². The summed E-state index contributed by atoms with van der Waals surface area (Å²) in [5.41, 5.74) is -0.176. The molecule has 1 aliphatic rings. The van der Waals surface area contributed by atoms with Gasteiger partial charge in [-0.05, 0) is 30.2 Å². The number of piperidine rings is 1. The lowest BCUT2D eigenvalue weighted by Crippen LogP contribution is -2.43. The zero-order chi connectivity index (χ0) is 14.8. The molecular formula is C14H17N3O3S. The van der Waals surface area contributed by atoms with Crippen molar-refractivity contribution in [2.45, 2.75) is 19.4 Å². The van der Waals surface area contributed by atoms with Gasteiger partial charge in [0.1, 0.15) is 11.4 Å². The molecule has 6 nitrogen and oxygen atoms in total. The van der Waals surface area contributed by atoms with Crippen molar-refractivity contribution in [3.05, 3.63) is 28.1 Å². The van der Waals surface area contributed by atoms with Gasteiger partial charge in [-0.25, -0.2) is 4.98 Å². The van der Waals surface area contributed by atoms with E-state index in [1.165, 1.54) is 22.2 Å². The van der Waals surface area contributed by atoms with Gasteiger partial charge in [0.05, 0.1) is 11.7 Å². The fourth-order valence-electron chi connectivity index (χ4n) is 2.69. The molecule has 0 spiro atoms. The molecular weight excluding hydrogens is 290 g/mol. The number of fused-ring (bicyclic) bond motifs is 1. The lowest BCUT2D eigenvalue weighted by Gasteiger charge is -2.32. The van der Waals surface area contributed by atoms with Gasteiger partial charge in [0.15, 0.2) is 0 Å². The summed E-state index contributed by atoms with van der Waals surface area (Å²) in [7, 11) is 0. The number of rotatable bonds is 3. The molecule has 112 valence electrons. The Morgan fingerprint density at radius 3 is 3.19 bits per heavy atom. The van der Waals surface area contributed by atoms with Crippen LogP contribution in [0.3, 0.4) is 0 Å². The van der Waals surface area contributed by atoms with Gasteiger partial charge in [-0.15, -0.1) is 11.3 Å². The largest absolute Gasteiger partial charge is 0.396 e. The van der Waals surface area contributed by atoms with E-state index in [2.05, 4.69) is 4.98 Å². The maximum Gasteiger partial charge on any atom is 0.262 e. The Bertz CT molecular complexity index is 709. The highest BCUT2D eigenvalue weighted by Crippen LogP contribution is 2.16. The zero-order valence-corrected chi connectivity index (χ0v) is 12.4. The minimum Gasteiger partial charge on any atom is -0.396 e. The number of aliphatic hydroxyl groups excluding tert-OH is 1. The third kappa shape index (κ3) is 2.84. The Morgan fingerprint density at radius 2 is 2.38 bits per heavy atom. The van der Waals surface area contributed by atoms with E-state index in [1.54, 1.807) is 11.0 Å². The summed E-state index contributed by atoms with van der Waals surface area (Å²) in [6, 6.07) is 1.74. The second-order valence-electron chi connectivity index (χ2n) is 5.35. The smallest absolute Gasteiger partial charge is 0.262 e. The van der Waals surface area contributed by atoms with Crippen LogP contribution in [0.1, 0.15) is 12.8 Å². The highest BCUT2D eigenvalue weighted by atomic mass is 32.1. The predicted octanol–water partition coefficient (Wildman–Crippen LogP) is 0.689. The number of carbonyl (C=O) groups excluding carboxylic acids is 1. The topological polar surface area (TPSA) is 75.4 Å². The molecule has 1 unspecified atom stereocenters. The van der Waals surface area contributed by atoms with Crippen molar-refractivity contribution in [1.29, 1.82) is 0 Å². The van der Waals surface area contributed by atoms with Crippen molar-refractivity contribution in [3.8, 4) is 0 Å². The molecule has 0 saturated carbocycles. The molecule has 1 fully saturated rings. The minimum absolute atomic E-state index is 0.00969. The van der Waals surface area contributed by atoms with Crippen LogP contribution in [0.25, 0.3) is 10.2 Å². The van der Waals surface area contributed by atoms with Crippen molar-refractivity contribution in [2.75, 3.05) is 19.7 Å². The number of thiophene rings is 1. The second kappa shape index (κ2) is 5.95. The van der Waals surface area contributed by atoms with Crippen LogP contribution in [0.5, 0.6) is 0 Å². The average molecular weight is 307 g/mol. The molecule has 7 heteroatoms. The summed E-state index contributed by atoms with van der Waals surface area (Å²) >= 11 is 1.41. The molecule has 1 aliphatic heterocycles. The number of aliphatic hydroxyl groups is 1. The van der Waals surface area contributed by atoms with Crippen LogP contribution >= 0.6 is 11.3 Å². The maximum atomic E-state index is 12.3. The molecule has 0 bridgehead atoms. The fraction of sp³-hybridized carbons (Fsp3) is 0.500. The third-order valence-electron chi connectivity index (χ3n) is 3.89. The first-order chi connectivity index (χ1) is 10.2. The van der Waals surface area contributed by atoms with Gasteiger partial charge in [0, 0.05) is 19.7 Å². The van der Waals surface area contributed by atoms with E-state index >= 15 is 0 Å². The summed E-state index contributed by atoms with van der Waals surface area (Å²) < 4.78 is 1.36. The number of hydrogen-bond donors (Lipinski definition) is 1. The van der Waals surface area contributed by atoms with E-state index in [0.29, 0.717) is 23.3 Å². The fourth-order valence-corrected chi connectivity index (χ4v) is 3.42. The van der Waals surface area contributed by atoms with Crippen LogP contribution in [-0.2, 0) is 11.3 Å². The quantitative estimate of drug-likeness (QED) is 0.905. The number of likely N-dealkylation sites (tertiary alicyclic amines) is 1. The predicted molar refractivity (Wildman–Crippen MR) is 80.3 cm³/mol. The van der Waals surface area contributed by atoms with Crippen LogP contribution in [0.15, 0.2) is 22.6 Å². The van der Waals surface area contributed by atoms with Gasteiger partial charge in [-0.2, -0.15) is 0 Å². The maximum absolute atomic E-state index is 12.3. The van der Waals surface area contributed by atoms with Crippen LogP contribution in [0.2, 0.25) is 0 Å². The summed E-state index contributed by atoms with van der Waals surface area (Å²) in [5.74, 6) is 0.0588. The van der Waals surface area contributed by atoms with E-state index in [1.807, 2.05) is 5.38 Å². The van der Waals surface area contributed by atoms with Crippen molar-refractivity contribution in [3.63, 3.8) is 0 Å². The monoisotopic (exact) mass is 307 g/mol. The summed E-state index contributed by atoms with van der Waals surface area (Å²) in [5, 5.41) is 11.6. The molecule has 1 N–H and O–H groups in total. The third-order valence-corrected chi connectivity index (χ3v) is 4.71. The van der Waals surface area contributed by atoms with E-state index in [-0.39, 0.29) is 30.5 Å². The van der Waals surface area contributed by atoms with E-state index in [0.717, 1.165) is 12.8 Å². The lowest BCUT2D eigenvalue weighted by molar-refractivity contribution is -0.134. The molecule has 0 aromatic carbocycles. The van der Waals surface area contributed by atoms with Gasteiger partial charge in [0.25, 0.3) is 5.56 Å². The first-order valence-corrected chi connectivity index (χ1v) is 7.88. The Balaban J connectivity index is 1.77. The molecule has 1 amide bonds. The van der Waals surface area contributed by atoms with Gasteiger partial charge >= 0.3 is 0 Å². The first kappa shape index (κ1) is 14.2. The highest BCUT2D eigenvalue weighted by molar-refractivity contribution is 7.16. The Morgan fingerprint density at radius 1 is 1.52 bits per heavy atom. The van der Waals surface area contributed by atoms with Gasteiger partial charge in [0.2, 0.25) is 5.91 Å². The highest BCUT2D eigenvalue weighted by Gasteiger charge is 2.23. The second-order valence-corrected chi connectivity index (χ2v) is 6.24. The van der Waals surface area contributed by atoms with E-state index in [9.17, 15) is 14.7 Å². The van der Waals surface area contributed by atoms with Crippen LogP contribution in [0, 0.1) is 5.92 Å². The Hall–Kier alpha value is -1.73. The lowest BCUT2D eigenvalue weighted by atomic mass is 9.99. The molecule has 2 aromatic rings. The molecule has 1 saturated heterocycles. The number of nitrogens with zero attached hydrogens (tertiary/aromatic N) is 3. The summed E-state index contributed by atoms with van der Waals surface area (Å²) in [4.78, 5) is 31.2. The van der Waals surface area contributed by atoms with Crippen LogP contribution < -0.4 is 5.56 Å². The van der Waals surface area contributed by atoms with Crippen molar-refractivity contribution in [2.24, 2.45) is 5.92 Å². The molecule has 21 heavy (non-hydrogen) atoms. The molecule has 1 atom stereocenters. The van der Waals surface area contributed by atoms with Gasteiger partial charge in [-0.3, -0.25) is 14.2 Å². The normalized spacial score (nSPS) is 19.1. The summed E-state index contributed by atoms with van der Waals surface area (Å²) in [6.45, 7) is 1.37. The van der Waals surface area contributed by atoms with E-state index in [4.69, 9.17) is 0 Å². The summed E-state index contributed by atoms with van der Waals surface area (Å²) in [6.07, 6.45) is 3.28. The van der Waals surface area contributed by atoms with Crippen molar-refractivity contribution >= 4 is 27.5 Å². The van der Waals surface area contributed by atoms with Crippen molar-refractivity contribution < 1.29 is 9.90 Å². The molecule has 3 rings (SSSR count). The minimum atomic E-state index is -0.176. The SMILES string of the molecule is O=C(Cn1cnc2sccc2c1=O)N1CCCC(CO)C1. The number of aromatic nitrogens is 2. The Labute approximate surface area is 125 Å². The average Bonchev–Trinajstić information content (AvgIpc) is 2.99. The number of hydrogen-bond acceptors (Lipinski definition) is 5. The zero-order valence-electron chi connectivity index (χ0n) is 11.6. The molecule has 0 aliphatic carbocycles. The number of carbonyl (C=O) groups is 1. The number of amides is 1. The molecule has 0 radical (unpaired) electrons. The standard InChI is InChI=1S/C14H17N3O3S/c18-8-10-2-1-4-16(6-10)12(19)7-17-9-15-13-11(14(17)20)3-5-21-13/h3,5,9-10,18H,1-2,4,6-8H2.